The van der Waals surface area contributed by atoms with E-state index >= 15 is 0 Å². The fourth-order valence-electron chi connectivity index (χ4n) is 3.52. The van der Waals surface area contributed by atoms with Crippen molar-refractivity contribution in [2.24, 2.45) is 7.05 Å². The molecule has 0 atom stereocenters. The maximum Gasteiger partial charge on any atom is 0.271 e. The molecule has 0 spiro atoms. The average molecular weight is 444 g/mol. The fraction of sp³-hybridized carbons (Fsp3) is 0.400. The number of hydrogen-bond donors (Lipinski definition) is 2. The van der Waals surface area contributed by atoms with Gasteiger partial charge < -0.3 is 15.0 Å². The summed E-state index contributed by atoms with van der Waals surface area (Å²) in [6.45, 7) is 3.96. The lowest BCUT2D eigenvalue weighted by Crippen LogP contribution is -2.50. The standard InChI is InChI=1S/C20H25N7O3S/c1-25-13-14(19(24-25)30-2)20(29)27-9-7-26(8-10-27)6-5-21-18(28)16-12-15(22-23-16)17-4-3-11-31-17/h3-4,11-13H,5-10H2,1-2H3,(H,21,28)(H,22,23). The Morgan fingerprint density at radius 2 is 2.10 bits per heavy atom. The lowest BCUT2D eigenvalue weighted by Gasteiger charge is -2.34. The van der Waals surface area contributed by atoms with Gasteiger partial charge in [0.15, 0.2) is 5.69 Å². The van der Waals surface area contributed by atoms with Gasteiger partial charge in [0.25, 0.3) is 11.8 Å². The zero-order valence-electron chi connectivity index (χ0n) is 17.5. The van der Waals surface area contributed by atoms with Gasteiger partial charge in [0.2, 0.25) is 5.88 Å². The Bertz CT molecular complexity index is 1040. The van der Waals surface area contributed by atoms with Gasteiger partial charge in [-0.05, 0) is 17.5 Å². The molecule has 1 saturated heterocycles. The van der Waals surface area contributed by atoms with Gasteiger partial charge >= 0.3 is 0 Å². The first-order valence-electron chi connectivity index (χ1n) is 10.0. The van der Waals surface area contributed by atoms with Crippen LogP contribution < -0.4 is 10.1 Å². The van der Waals surface area contributed by atoms with E-state index in [0.717, 1.165) is 23.7 Å². The van der Waals surface area contributed by atoms with E-state index in [1.807, 2.05) is 22.4 Å². The van der Waals surface area contributed by atoms with Gasteiger partial charge in [0.1, 0.15) is 5.56 Å². The molecule has 10 nitrogen and oxygen atoms in total. The predicted molar refractivity (Wildman–Crippen MR) is 116 cm³/mol. The van der Waals surface area contributed by atoms with Crippen LogP contribution in [0.15, 0.2) is 29.8 Å². The molecular formula is C20H25N7O3S. The minimum atomic E-state index is -0.198. The first-order chi connectivity index (χ1) is 15.0. The Hall–Kier alpha value is -3.18. The normalized spacial score (nSPS) is 14.6. The molecule has 2 N–H and O–H groups in total. The lowest BCUT2D eigenvalue weighted by molar-refractivity contribution is 0.0634. The molecule has 4 rings (SSSR count). The Labute approximate surface area is 183 Å². The number of amides is 2. The van der Waals surface area contributed by atoms with Crippen LogP contribution in [-0.4, -0.2) is 88.0 Å². The van der Waals surface area contributed by atoms with Crippen LogP contribution in [0.25, 0.3) is 10.6 Å². The molecule has 0 aromatic carbocycles. The van der Waals surface area contributed by atoms with E-state index in [9.17, 15) is 9.59 Å². The zero-order chi connectivity index (χ0) is 21.8. The van der Waals surface area contributed by atoms with Crippen LogP contribution in [0, 0.1) is 0 Å². The molecule has 3 aromatic heterocycles. The molecule has 4 heterocycles. The number of H-pyrrole nitrogens is 1. The highest BCUT2D eigenvalue weighted by Gasteiger charge is 2.26. The number of hydrogen-bond acceptors (Lipinski definition) is 7. The summed E-state index contributed by atoms with van der Waals surface area (Å²) in [6.07, 6.45) is 1.68. The summed E-state index contributed by atoms with van der Waals surface area (Å²) < 4.78 is 6.77. The molecule has 1 aliphatic heterocycles. The molecule has 3 aromatic rings. The molecule has 1 aliphatic rings. The summed E-state index contributed by atoms with van der Waals surface area (Å²) in [4.78, 5) is 30.2. The second-order valence-electron chi connectivity index (χ2n) is 7.26. The molecule has 1 fully saturated rings. The Morgan fingerprint density at radius 3 is 2.81 bits per heavy atom. The van der Waals surface area contributed by atoms with Gasteiger partial charge in [-0.1, -0.05) is 6.07 Å². The third kappa shape index (κ3) is 4.78. The number of rotatable bonds is 7. The number of aryl methyl sites for hydroxylation is 1. The van der Waals surface area contributed by atoms with Crippen molar-refractivity contribution in [1.82, 2.24) is 35.1 Å². The maximum absolute atomic E-state index is 12.8. The first kappa shape index (κ1) is 21.1. The van der Waals surface area contributed by atoms with Gasteiger partial charge in [-0.2, -0.15) is 5.10 Å². The van der Waals surface area contributed by atoms with E-state index in [-0.39, 0.29) is 11.8 Å². The highest BCUT2D eigenvalue weighted by molar-refractivity contribution is 7.13. The molecule has 164 valence electrons. The smallest absolute Gasteiger partial charge is 0.271 e. The topological polar surface area (TPSA) is 108 Å². The van der Waals surface area contributed by atoms with Crippen molar-refractivity contribution in [3.05, 3.63) is 41.0 Å². The lowest BCUT2D eigenvalue weighted by atomic mass is 10.2. The highest BCUT2D eigenvalue weighted by Crippen LogP contribution is 2.23. The third-order valence-corrected chi connectivity index (χ3v) is 6.09. The second-order valence-corrected chi connectivity index (χ2v) is 8.21. The number of methoxy groups -OCH3 is 1. The van der Waals surface area contributed by atoms with Crippen LogP contribution in [0.5, 0.6) is 5.88 Å². The fourth-order valence-corrected chi connectivity index (χ4v) is 4.22. The van der Waals surface area contributed by atoms with Gasteiger partial charge in [0.05, 0.1) is 17.7 Å². The van der Waals surface area contributed by atoms with Crippen LogP contribution in [-0.2, 0) is 7.05 Å². The van der Waals surface area contributed by atoms with Crippen molar-refractivity contribution in [3.63, 3.8) is 0 Å². The SMILES string of the molecule is COc1nn(C)cc1C(=O)N1CCN(CCNC(=O)c2cc(-c3cccs3)[nH]n2)CC1. The quantitative estimate of drug-likeness (QED) is 0.566. The number of nitrogens with one attached hydrogen (secondary N) is 2. The van der Waals surface area contributed by atoms with Crippen molar-refractivity contribution in [3.8, 4) is 16.5 Å². The monoisotopic (exact) mass is 443 g/mol. The van der Waals surface area contributed by atoms with E-state index in [1.54, 1.807) is 35.3 Å². The number of carbonyl (C=O) groups is 2. The Morgan fingerprint density at radius 1 is 1.29 bits per heavy atom. The number of aromatic nitrogens is 4. The third-order valence-electron chi connectivity index (χ3n) is 5.19. The average Bonchev–Trinajstić information content (AvgIpc) is 3.53. The molecule has 2 amide bonds. The number of thiophene rings is 1. The van der Waals surface area contributed by atoms with E-state index < -0.39 is 0 Å². The van der Waals surface area contributed by atoms with Crippen LogP contribution >= 0.6 is 11.3 Å². The number of aromatic amines is 1. The molecule has 0 unspecified atom stereocenters. The van der Waals surface area contributed by atoms with Crippen molar-refractivity contribution in [2.45, 2.75) is 0 Å². The second kappa shape index (κ2) is 9.31. The number of carbonyl (C=O) groups excluding carboxylic acids is 2. The van der Waals surface area contributed by atoms with Crippen LogP contribution in [0.2, 0.25) is 0 Å². The van der Waals surface area contributed by atoms with Gasteiger partial charge in [0, 0.05) is 52.5 Å². The zero-order valence-corrected chi connectivity index (χ0v) is 18.3. The van der Waals surface area contributed by atoms with E-state index in [2.05, 4.69) is 25.5 Å². The van der Waals surface area contributed by atoms with E-state index in [0.29, 0.717) is 43.3 Å². The predicted octanol–water partition coefficient (Wildman–Crippen LogP) is 1.07. The summed E-state index contributed by atoms with van der Waals surface area (Å²) in [6, 6.07) is 5.70. The summed E-state index contributed by atoms with van der Waals surface area (Å²) in [5.74, 6) is 0.0766. The molecule has 0 radical (unpaired) electrons. The Kier molecular flexibility index (Phi) is 6.33. The molecule has 0 saturated carbocycles. The molecule has 0 aliphatic carbocycles. The summed E-state index contributed by atoms with van der Waals surface area (Å²) in [7, 11) is 3.27. The largest absolute Gasteiger partial charge is 0.479 e. The van der Waals surface area contributed by atoms with Crippen molar-refractivity contribution >= 4 is 23.2 Å². The maximum atomic E-state index is 12.8. The summed E-state index contributed by atoms with van der Waals surface area (Å²) in [5, 5.41) is 16.1. The molecular weight excluding hydrogens is 418 g/mol. The number of nitrogens with zero attached hydrogens (tertiary/aromatic N) is 5. The number of piperazine rings is 1. The highest BCUT2D eigenvalue weighted by atomic mass is 32.1. The van der Waals surface area contributed by atoms with Crippen LogP contribution in [0.1, 0.15) is 20.8 Å². The number of ether oxygens (including phenoxy) is 1. The summed E-state index contributed by atoms with van der Waals surface area (Å²) in [5.41, 5.74) is 1.70. The first-order valence-corrected chi connectivity index (χ1v) is 10.9. The minimum Gasteiger partial charge on any atom is -0.479 e. The van der Waals surface area contributed by atoms with Gasteiger partial charge in [-0.3, -0.25) is 24.3 Å². The molecule has 0 bridgehead atoms. The van der Waals surface area contributed by atoms with E-state index in [1.165, 1.54) is 7.11 Å². The summed E-state index contributed by atoms with van der Waals surface area (Å²) >= 11 is 1.59. The van der Waals surface area contributed by atoms with Crippen molar-refractivity contribution in [1.29, 1.82) is 0 Å². The van der Waals surface area contributed by atoms with Crippen LogP contribution in [0.4, 0.5) is 0 Å². The minimum absolute atomic E-state index is 0.0713. The molecule has 31 heavy (non-hydrogen) atoms. The Balaban J connectivity index is 1.22. The van der Waals surface area contributed by atoms with Crippen LogP contribution in [0.3, 0.4) is 0 Å². The van der Waals surface area contributed by atoms with Gasteiger partial charge in [-0.15, -0.1) is 16.4 Å². The van der Waals surface area contributed by atoms with Crippen molar-refractivity contribution in [2.75, 3.05) is 46.4 Å². The van der Waals surface area contributed by atoms with E-state index in [4.69, 9.17) is 4.74 Å². The molecule has 11 heteroatoms. The van der Waals surface area contributed by atoms with Crippen molar-refractivity contribution < 1.29 is 14.3 Å². The van der Waals surface area contributed by atoms with Gasteiger partial charge in [-0.25, -0.2) is 0 Å².